The fourth-order valence-corrected chi connectivity index (χ4v) is 3.55. The number of benzene rings is 1. The third kappa shape index (κ3) is 3.61. The predicted molar refractivity (Wildman–Crippen MR) is 88.0 cm³/mol. The Bertz CT molecular complexity index is 528. The Labute approximate surface area is 131 Å². The van der Waals surface area contributed by atoms with Gasteiger partial charge in [0.25, 0.3) is 5.91 Å². The monoisotopic (exact) mass is 304 g/mol. The maximum Gasteiger partial charge on any atom is 0.251 e. The van der Waals surface area contributed by atoms with Crippen LogP contribution in [0.1, 0.15) is 35.2 Å². The van der Waals surface area contributed by atoms with Gasteiger partial charge in [0, 0.05) is 29.6 Å². The molecule has 0 spiro atoms. The molecule has 3 nitrogen and oxygen atoms in total. The number of aryl methyl sites for hydroxylation is 1. The van der Waals surface area contributed by atoms with Gasteiger partial charge in [-0.3, -0.25) is 4.79 Å². The minimum Gasteiger partial charge on any atom is -0.352 e. The Morgan fingerprint density at radius 2 is 2.19 bits per heavy atom. The van der Waals surface area contributed by atoms with Gasteiger partial charge in [0.1, 0.15) is 0 Å². The number of amides is 1. The van der Waals surface area contributed by atoms with Gasteiger partial charge in [-0.05, 0) is 62.6 Å². The van der Waals surface area contributed by atoms with E-state index in [1.165, 1.54) is 25.8 Å². The molecule has 1 heterocycles. The quantitative estimate of drug-likeness (QED) is 0.849. The van der Waals surface area contributed by atoms with Crippen molar-refractivity contribution in [1.29, 1.82) is 0 Å². The first-order chi connectivity index (χ1) is 10.2. The Morgan fingerprint density at radius 3 is 2.90 bits per heavy atom. The Kier molecular flexibility index (Phi) is 4.55. The fraction of sp³-hybridized carbons (Fsp3) is 0.588. The minimum absolute atomic E-state index is 0.0771. The standard InChI is InChI=1S/C17H24N2OS/c1-12-3-6-15(21-2)9-16(12)17(20)18-10-13-7-8-19(11-13)14-4-5-14/h3,6,9,13-14H,4-5,7-8,10-11H2,1-2H3,(H,18,20)/t13-/m1/s1. The second-order valence-corrected chi connectivity index (χ2v) is 7.15. The Morgan fingerprint density at radius 1 is 1.38 bits per heavy atom. The number of hydrogen-bond acceptors (Lipinski definition) is 3. The highest BCUT2D eigenvalue weighted by Gasteiger charge is 2.34. The van der Waals surface area contributed by atoms with Crippen LogP contribution in [0.4, 0.5) is 0 Å². The topological polar surface area (TPSA) is 32.3 Å². The molecule has 0 radical (unpaired) electrons. The van der Waals surface area contributed by atoms with Crippen molar-refractivity contribution < 1.29 is 4.79 Å². The van der Waals surface area contributed by atoms with Crippen LogP contribution in [0.5, 0.6) is 0 Å². The van der Waals surface area contributed by atoms with E-state index in [-0.39, 0.29) is 5.91 Å². The number of rotatable bonds is 5. The zero-order chi connectivity index (χ0) is 14.8. The average molecular weight is 304 g/mol. The van der Waals surface area contributed by atoms with Crippen LogP contribution >= 0.6 is 11.8 Å². The van der Waals surface area contributed by atoms with E-state index in [1.807, 2.05) is 25.3 Å². The van der Waals surface area contributed by atoms with Crippen molar-refractivity contribution in [1.82, 2.24) is 10.2 Å². The minimum atomic E-state index is 0.0771. The number of nitrogens with one attached hydrogen (secondary N) is 1. The third-order valence-electron chi connectivity index (χ3n) is 4.62. The molecule has 1 aliphatic heterocycles. The summed E-state index contributed by atoms with van der Waals surface area (Å²) in [5, 5.41) is 3.14. The second-order valence-electron chi connectivity index (χ2n) is 6.27. The van der Waals surface area contributed by atoms with Crippen LogP contribution in [0.2, 0.25) is 0 Å². The smallest absolute Gasteiger partial charge is 0.251 e. The molecule has 0 unspecified atom stereocenters. The Balaban J connectivity index is 1.54. The molecule has 21 heavy (non-hydrogen) atoms. The van der Waals surface area contributed by atoms with E-state index in [0.717, 1.165) is 35.2 Å². The van der Waals surface area contributed by atoms with Crippen LogP contribution in [0.15, 0.2) is 23.1 Å². The highest BCUT2D eigenvalue weighted by Crippen LogP contribution is 2.31. The summed E-state index contributed by atoms with van der Waals surface area (Å²) >= 11 is 1.68. The number of nitrogens with zero attached hydrogens (tertiary/aromatic N) is 1. The molecule has 1 atom stereocenters. The normalized spacial score (nSPS) is 22.5. The molecule has 1 saturated carbocycles. The molecule has 1 saturated heterocycles. The number of carbonyl (C=O) groups is 1. The number of thioether (sulfide) groups is 1. The van der Waals surface area contributed by atoms with Gasteiger partial charge in [-0.2, -0.15) is 0 Å². The van der Waals surface area contributed by atoms with Gasteiger partial charge in [-0.1, -0.05) is 6.07 Å². The second kappa shape index (κ2) is 6.41. The molecule has 1 amide bonds. The first-order valence-corrected chi connectivity index (χ1v) is 9.06. The van der Waals surface area contributed by atoms with E-state index in [9.17, 15) is 4.79 Å². The molecule has 3 rings (SSSR count). The van der Waals surface area contributed by atoms with Crippen LogP contribution in [-0.2, 0) is 0 Å². The van der Waals surface area contributed by atoms with Gasteiger partial charge in [0.05, 0.1) is 0 Å². The molecule has 1 aromatic rings. The van der Waals surface area contributed by atoms with Gasteiger partial charge in [-0.25, -0.2) is 0 Å². The van der Waals surface area contributed by atoms with Crippen molar-refractivity contribution in [2.75, 3.05) is 25.9 Å². The van der Waals surface area contributed by atoms with Crippen molar-refractivity contribution in [2.24, 2.45) is 5.92 Å². The summed E-state index contributed by atoms with van der Waals surface area (Å²) in [4.78, 5) is 16.1. The van der Waals surface area contributed by atoms with E-state index >= 15 is 0 Å². The van der Waals surface area contributed by atoms with E-state index in [1.54, 1.807) is 11.8 Å². The molecular weight excluding hydrogens is 280 g/mol. The maximum absolute atomic E-state index is 12.4. The summed E-state index contributed by atoms with van der Waals surface area (Å²) in [7, 11) is 0. The number of likely N-dealkylation sites (tertiary alicyclic amines) is 1. The van der Waals surface area contributed by atoms with E-state index in [2.05, 4.69) is 16.3 Å². The lowest BCUT2D eigenvalue weighted by Crippen LogP contribution is -2.31. The number of hydrogen-bond donors (Lipinski definition) is 1. The zero-order valence-corrected chi connectivity index (χ0v) is 13.7. The molecule has 0 bridgehead atoms. The van der Waals surface area contributed by atoms with Crippen LogP contribution < -0.4 is 5.32 Å². The molecule has 114 valence electrons. The van der Waals surface area contributed by atoms with Gasteiger partial charge < -0.3 is 10.2 Å². The first kappa shape index (κ1) is 14.9. The largest absolute Gasteiger partial charge is 0.352 e. The van der Waals surface area contributed by atoms with E-state index < -0.39 is 0 Å². The summed E-state index contributed by atoms with van der Waals surface area (Å²) in [6, 6.07) is 6.96. The molecule has 1 N–H and O–H groups in total. The van der Waals surface area contributed by atoms with Crippen molar-refractivity contribution >= 4 is 17.7 Å². The van der Waals surface area contributed by atoms with Crippen LogP contribution in [0, 0.1) is 12.8 Å². The molecular formula is C17H24N2OS. The third-order valence-corrected chi connectivity index (χ3v) is 5.35. The highest BCUT2D eigenvalue weighted by molar-refractivity contribution is 7.98. The Hall–Kier alpha value is -1.00. The lowest BCUT2D eigenvalue weighted by molar-refractivity contribution is 0.0946. The van der Waals surface area contributed by atoms with Gasteiger partial charge >= 0.3 is 0 Å². The van der Waals surface area contributed by atoms with E-state index in [0.29, 0.717) is 5.92 Å². The zero-order valence-electron chi connectivity index (χ0n) is 12.9. The van der Waals surface area contributed by atoms with Gasteiger partial charge in [0.15, 0.2) is 0 Å². The lowest BCUT2D eigenvalue weighted by atomic mass is 10.1. The lowest BCUT2D eigenvalue weighted by Gasteiger charge is -2.15. The van der Waals surface area contributed by atoms with Crippen LogP contribution in [-0.4, -0.2) is 42.7 Å². The summed E-state index contributed by atoms with van der Waals surface area (Å²) in [5.41, 5.74) is 1.87. The highest BCUT2D eigenvalue weighted by atomic mass is 32.2. The van der Waals surface area contributed by atoms with Crippen molar-refractivity contribution in [2.45, 2.75) is 37.1 Å². The van der Waals surface area contributed by atoms with Crippen molar-refractivity contribution in [3.8, 4) is 0 Å². The molecule has 0 aromatic heterocycles. The fourth-order valence-electron chi connectivity index (χ4n) is 3.11. The van der Waals surface area contributed by atoms with Crippen molar-refractivity contribution in [3.63, 3.8) is 0 Å². The van der Waals surface area contributed by atoms with Crippen LogP contribution in [0.25, 0.3) is 0 Å². The first-order valence-electron chi connectivity index (χ1n) is 7.84. The van der Waals surface area contributed by atoms with Crippen molar-refractivity contribution in [3.05, 3.63) is 29.3 Å². The molecule has 4 heteroatoms. The molecule has 1 aliphatic carbocycles. The maximum atomic E-state index is 12.4. The van der Waals surface area contributed by atoms with Gasteiger partial charge in [0.2, 0.25) is 0 Å². The summed E-state index contributed by atoms with van der Waals surface area (Å²) in [6.07, 6.45) is 6.01. The average Bonchev–Trinajstić information content (AvgIpc) is 3.24. The molecule has 1 aromatic carbocycles. The summed E-state index contributed by atoms with van der Waals surface area (Å²) < 4.78 is 0. The number of carbonyl (C=O) groups excluding carboxylic acids is 1. The predicted octanol–water partition coefficient (Wildman–Crippen LogP) is 2.93. The SMILES string of the molecule is CSc1ccc(C)c(C(=O)NC[C@H]2CCN(C3CC3)C2)c1. The van der Waals surface area contributed by atoms with Gasteiger partial charge in [-0.15, -0.1) is 11.8 Å². The molecule has 2 fully saturated rings. The molecule has 2 aliphatic rings. The van der Waals surface area contributed by atoms with Crippen LogP contribution in [0.3, 0.4) is 0 Å². The summed E-state index contributed by atoms with van der Waals surface area (Å²) in [5.74, 6) is 0.701. The van der Waals surface area contributed by atoms with E-state index in [4.69, 9.17) is 0 Å². The summed E-state index contributed by atoms with van der Waals surface area (Å²) in [6.45, 7) is 5.19.